The number of aromatic amines is 1. The first kappa shape index (κ1) is 22.5. The Labute approximate surface area is 198 Å². The average Bonchev–Trinajstić information content (AvgIpc) is 3.49. The van der Waals surface area contributed by atoms with Gasteiger partial charge in [0.2, 0.25) is 0 Å². The second kappa shape index (κ2) is 8.48. The smallest absolute Gasteiger partial charge is 0.340 e. The monoisotopic (exact) mass is 493 g/mol. The fourth-order valence-electron chi connectivity index (χ4n) is 3.93. The summed E-state index contributed by atoms with van der Waals surface area (Å²) in [5, 5.41) is 0.482. The lowest BCUT2D eigenvalue weighted by molar-refractivity contribution is 0.0602. The number of benzene rings is 2. The number of nitrogens with zero attached hydrogens (tertiary/aromatic N) is 2. The van der Waals surface area contributed by atoms with Crippen LogP contribution in [0.4, 0.5) is 8.78 Å². The number of aromatic nitrogens is 3. The molecule has 35 heavy (non-hydrogen) atoms. The van der Waals surface area contributed by atoms with Crippen LogP contribution in [0.15, 0.2) is 84.0 Å². The van der Waals surface area contributed by atoms with Gasteiger partial charge in [-0.15, -0.1) is 0 Å². The Morgan fingerprint density at radius 3 is 2.49 bits per heavy atom. The molecule has 0 fully saturated rings. The van der Waals surface area contributed by atoms with Crippen LogP contribution in [-0.2, 0) is 14.8 Å². The van der Waals surface area contributed by atoms with Gasteiger partial charge in [-0.05, 0) is 42.5 Å². The summed E-state index contributed by atoms with van der Waals surface area (Å²) >= 11 is 0. The number of fused-ring (bicyclic) bond motifs is 1. The Balaban J connectivity index is 1.69. The van der Waals surface area contributed by atoms with E-state index < -0.39 is 27.6 Å². The van der Waals surface area contributed by atoms with Crippen molar-refractivity contribution in [3.05, 3.63) is 96.3 Å². The van der Waals surface area contributed by atoms with Crippen LogP contribution in [0.1, 0.15) is 10.4 Å². The molecule has 0 saturated carbocycles. The molecule has 3 heterocycles. The summed E-state index contributed by atoms with van der Waals surface area (Å²) in [6, 6.07) is 15.7. The lowest BCUT2D eigenvalue weighted by Gasteiger charge is -2.07. The molecule has 5 aromatic rings. The van der Waals surface area contributed by atoms with E-state index in [1.54, 1.807) is 30.3 Å². The van der Waals surface area contributed by atoms with Crippen LogP contribution in [0.5, 0.6) is 0 Å². The predicted octanol–water partition coefficient (Wildman–Crippen LogP) is 5.00. The first-order valence-electron chi connectivity index (χ1n) is 10.3. The minimum absolute atomic E-state index is 0.0208. The van der Waals surface area contributed by atoms with Crippen molar-refractivity contribution in [1.29, 1.82) is 0 Å². The van der Waals surface area contributed by atoms with Gasteiger partial charge in [0.25, 0.3) is 10.0 Å². The number of halogens is 2. The van der Waals surface area contributed by atoms with E-state index in [4.69, 9.17) is 4.74 Å². The second-order valence-corrected chi connectivity index (χ2v) is 9.43. The van der Waals surface area contributed by atoms with Gasteiger partial charge in [-0.3, -0.25) is 0 Å². The van der Waals surface area contributed by atoms with Gasteiger partial charge in [0.15, 0.2) is 5.65 Å². The number of nitrogens with one attached hydrogen (secondary N) is 1. The molecular weight excluding hydrogens is 476 g/mol. The predicted molar refractivity (Wildman–Crippen MR) is 125 cm³/mol. The highest BCUT2D eigenvalue weighted by Gasteiger charge is 2.24. The molecule has 0 aliphatic carbocycles. The number of H-pyrrole nitrogens is 1. The van der Waals surface area contributed by atoms with Crippen molar-refractivity contribution >= 4 is 27.0 Å². The van der Waals surface area contributed by atoms with Crippen molar-refractivity contribution in [3.8, 4) is 22.5 Å². The highest BCUT2D eigenvalue weighted by atomic mass is 32.2. The Kier molecular flexibility index (Phi) is 5.45. The quantitative estimate of drug-likeness (QED) is 0.348. The molecule has 0 bridgehead atoms. The normalized spacial score (nSPS) is 11.6. The van der Waals surface area contributed by atoms with E-state index in [-0.39, 0.29) is 27.4 Å². The summed E-state index contributed by atoms with van der Waals surface area (Å²) < 4.78 is 60.3. The zero-order valence-corrected chi connectivity index (χ0v) is 19.0. The van der Waals surface area contributed by atoms with Crippen LogP contribution in [-0.4, -0.2) is 35.4 Å². The van der Waals surface area contributed by atoms with E-state index in [1.807, 2.05) is 0 Å². The maximum atomic E-state index is 14.6. The molecule has 3 aromatic heterocycles. The molecule has 0 unspecified atom stereocenters. The fourth-order valence-corrected chi connectivity index (χ4v) is 5.25. The maximum Gasteiger partial charge on any atom is 0.340 e. The molecule has 0 radical (unpaired) electrons. The number of pyridine rings is 1. The van der Waals surface area contributed by atoms with Crippen molar-refractivity contribution in [3.63, 3.8) is 0 Å². The summed E-state index contributed by atoms with van der Waals surface area (Å²) in [6.07, 6.45) is 2.83. The minimum atomic E-state index is -3.91. The molecular formula is C25H17F2N3O4S. The molecule has 1 N–H and O–H groups in total. The van der Waals surface area contributed by atoms with Crippen molar-refractivity contribution in [2.75, 3.05) is 7.11 Å². The number of rotatable bonds is 5. The number of carbonyl (C=O) groups is 1. The first-order chi connectivity index (χ1) is 16.8. The molecule has 0 amide bonds. The molecule has 5 rings (SSSR count). The third-order valence-corrected chi connectivity index (χ3v) is 7.25. The van der Waals surface area contributed by atoms with Crippen LogP contribution in [0.2, 0.25) is 0 Å². The van der Waals surface area contributed by atoms with Gasteiger partial charge in [-0.1, -0.05) is 18.2 Å². The van der Waals surface area contributed by atoms with Gasteiger partial charge in [0.05, 0.1) is 23.3 Å². The van der Waals surface area contributed by atoms with Crippen LogP contribution >= 0.6 is 0 Å². The number of ether oxygens (including phenoxy) is 1. The maximum absolute atomic E-state index is 14.6. The number of carbonyl (C=O) groups excluding carboxylic acids is 1. The summed E-state index contributed by atoms with van der Waals surface area (Å²) in [6.45, 7) is 0. The molecule has 0 aliphatic heterocycles. The summed E-state index contributed by atoms with van der Waals surface area (Å²) in [7, 11) is -2.72. The number of hydrogen-bond acceptors (Lipinski definition) is 5. The van der Waals surface area contributed by atoms with Crippen molar-refractivity contribution < 1.29 is 26.7 Å². The first-order valence-corrected chi connectivity index (χ1v) is 11.8. The van der Waals surface area contributed by atoms with E-state index in [2.05, 4.69) is 9.97 Å². The summed E-state index contributed by atoms with van der Waals surface area (Å²) in [5.74, 6) is -2.33. The lowest BCUT2D eigenvalue weighted by atomic mass is 10.1. The topological polar surface area (TPSA) is 94.0 Å². The van der Waals surface area contributed by atoms with Gasteiger partial charge < -0.3 is 9.72 Å². The van der Waals surface area contributed by atoms with Crippen molar-refractivity contribution in [2.45, 2.75) is 4.90 Å². The fraction of sp³-hybridized carbons (Fsp3) is 0.0400. The number of esters is 1. The number of methoxy groups -OCH3 is 1. The van der Waals surface area contributed by atoms with E-state index in [0.717, 1.165) is 16.1 Å². The minimum Gasteiger partial charge on any atom is -0.465 e. The lowest BCUT2D eigenvalue weighted by Crippen LogP contribution is -2.12. The highest BCUT2D eigenvalue weighted by Crippen LogP contribution is 2.35. The summed E-state index contributed by atoms with van der Waals surface area (Å²) in [4.78, 5) is 19.8. The van der Waals surface area contributed by atoms with Crippen LogP contribution in [0.3, 0.4) is 0 Å². The zero-order valence-electron chi connectivity index (χ0n) is 18.2. The molecule has 0 atom stereocenters. The van der Waals surface area contributed by atoms with Crippen LogP contribution < -0.4 is 0 Å². The SMILES string of the molecule is COC(=O)c1cc(-c2ccnc3c2ccn3S(=O)(=O)c2ccccc2)[nH]c1-c1ccc(F)cc1F. The van der Waals surface area contributed by atoms with Crippen molar-refractivity contribution in [2.24, 2.45) is 0 Å². The standard InChI is InChI=1S/C25H17F2N3O4S/c1-34-25(31)20-14-22(29-23(20)19-8-7-15(26)13-21(19)27)17-9-11-28-24-18(17)10-12-30(24)35(32,33)16-5-3-2-4-6-16/h2-14,29H,1H3. The molecule has 0 spiro atoms. The third-order valence-electron chi connectivity index (χ3n) is 5.57. The molecule has 7 nitrogen and oxygen atoms in total. The van der Waals surface area contributed by atoms with E-state index in [9.17, 15) is 22.0 Å². The molecule has 0 aliphatic rings. The van der Waals surface area contributed by atoms with E-state index in [0.29, 0.717) is 16.6 Å². The zero-order chi connectivity index (χ0) is 24.7. The molecule has 10 heteroatoms. The second-order valence-electron chi connectivity index (χ2n) is 7.61. The number of hydrogen-bond donors (Lipinski definition) is 1. The van der Waals surface area contributed by atoms with E-state index in [1.165, 1.54) is 43.8 Å². The highest BCUT2D eigenvalue weighted by molar-refractivity contribution is 7.90. The van der Waals surface area contributed by atoms with Crippen LogP contribution in [0.25, 0.3) is 33.5 Å². The Morgan fingerprint density at radius 1 is 1.00 bits per heavy atom. The van der Waals surface area contributed by atoms with Crippen LogP contribution in [0, 0.1) is 11.6 Å². The van der Waals surface area contributed by atoms with Gasteiger partial charge >= 0.3 is 5.97 Å². The molecule has 2 aromatic carbocycles. The largest absolute Gasteiger partial charge is 0.465 e. The Hall–Kier alpha value is -4.31. The van der Waals surface area contributed by atoms with Crippen molar-refractivity contribution in [1.82, 2.24) is 13.9 Å². The third kappa shape index (κ3) is 3.77. The van der Waals surface area contributed by atoms with Gasteiger partial charge in [0.1, 0.15) is 11.6 Å². The summed E-state index contributed by atoms with van der Waals surface area (Å²) in [5.41, 5.74) is 1.21. The van der Waals surface area contributed by atoms with Gasteiger partial charge in [0, 0.05) is 40.7 Å². The average molecular weight is 493 g/mol. The van der Waals surface area contributed by atoms with Gasteiger partial charge in [-0.2, -0.15) is 0 Å². The van der Waals surface area contributed by atoms with Gasteiger partial charge in [-0.25, -0.2) is 30.9 Å². The Bertz CT molecular complexity index is 1690. The van der Waals surface area contributed by atoms with E-state index >= 15 is 0 Å². The molecule has 0 saturated heterocycles. The Morgan fingerprint density at radius 2 is 1.77 bits per heavy atom. The molecule has 176 valence electrons.